The van der Waals surface area contributed by atoms with Crippen LogP contribution in [-0.2, 0) is 9.53 Å². The van der Waals surface area contributed by atoms with Crippen LogP contribution in [0.2, 0.25) is 5.02 Å². The molecule has 2 aromatic carbocycles. The topological polar surface area (TPSA) is 53.0 Å². The molecule has 0 bridgehead atoms. The van der Waals surface area contributed by atoms with Gasteiger partial charge in [-0.05, 0) is 23.3 Å². The largest absolute Gasteiger partial charge is 0.480 e. The third-order valence-corrected chi connectivity index (χ3v) is 4.99. The molecule has 1 aliphatic rings. The molecular formula is C21H25ClN2O3. The highest BCUT2D eigenvalue weighted by atomic mass is 35.5. The highest BCUT2D eigenvalue weighted by molar-refractivity contribution is 6.30. The number of aliphatic carboxylic acids is 1. The van der Waals surface area contributed by atoms with Crippen molar-refractivity contribution < 1.29 is 17.4 Å². The average molecular weight is 392 g/mol. The summed E-state index contributed by atoms with van der Waals surface area (Å²) in [4.78, 5) is 15.8. The number of hydrogen-bond acceptors (Lipinski definition) is 5. The molecule has 0 aromatic heterocycles. The molecule has 1 aliphatic heterocycles. The molecule has 0 aliphatic carbocycles. The molecule has 1 saturated heterocycles. The zero-order valence-corrected chi connectivity index (χ0v) is 15.8. The number of ether oxygens (including phenoxy) is 1. The van der Waals surface area contributed by atoms with E-state index in [2.05, 4.69) is 39.2 Å². The van der Waals surface area contributed by atoms with Gasteiger partial charge in [-0.2, -0.15) is 0 Å². The standard InChI is InChI=1S/C21H25ClN2O3/c22-19-8-6-18(7-9-19)21(17-4-2-1-3-5-17)24-12-10-23(11-13-24)14-15-27-16-20(25)26/h1-9,21H,10-16H2,(H,25,26)/t21-/m1/s1/i16D2/hD. The number of nitrogens with zero attached hydrogens (tertiary/aromatic N) is 2. The minimum absolute atomic E-state index is 0.0431. The van der Waals surface area contributed by atoms with E-state index in [1.807, 2.05) is 30.3 Å². The minimum atomic E-state index is -2.60. The van der Waals surface area contributed by atoms with E-state index in [-0.39, 0.29) is 12.6 Å². The van der Waals surface area contributed by atoms with Gasteiger partial charge in [-0.25, -0.2) is 4.79 Å². The first kappa shape index (κ1) is 16.1. The third-order valence-electron chi connectivity index (χ3n) is 4.74. The van der Waals surface area contributed by atoms with Crippen LogP contribution in [-0.4, -0.2) is 66.8 Å². The molecule has 27 heavy (non-hydrogen) atoms. The Morgan fingerprint density at radius 2 is 1.78 bits per heavy atom. The molecule has 1 atom stereocenters. The van der Waals surface area contributed by atoms with Crippen LogP contribution in [0.4, 0.5) is 0 Å². The van der Waals surface area contributed by atoms with Gasteiger partial charge in [0.1, 0.15) is 6.56 Å². The average Bonchev–Trinajstić information content (AvgIpc) is 2.76. The third kappa shape index (κ3) is 5.78. The summed E-state index contributed by atoms with van der Waals surface area (Å²) in [6, 6.07) is 18.4. The Morgan fingerprint density at radius 1 is 1.11 bits per heavy atom. The molecule has 0 unspecified atom stereocenters. The van der Waals surface area contributed by atoms with Crippen LogP contribution in [0, 0.1) is 0 Å². The Kier molecular flexibility index (Phi) is 5.87. The quantitative estimate of drug-likeness (QED) is 0.749. The summed E-state index contributed by atoms with van der Waals surface area (Å²) in [6.45, 7) is 1.21. The molecule has 1 heterocycles. The summed E-state index contributed by atoms with van der Waals surface area (Å²) < 4.78 is 26.4. The molecule has 0 amide bonds. The van der Waals surface area contributed by atoms with Gasteiger partial charge in [0.2, 0.25) is 0 Å². The zero-order chi connectivity index (χ0) is 21.6. The zero-order valence-electron chi connectivity index (χ0n) is 18.0. The van der Waals surface area contributed by atoms with E-state index in [1.165, 1.54) is 11.1 Å². The fourth-order valence-electron chi connectivity index (χ4n) is 3.42. The Morgan fingerprint density at radius 3 is 2.44 bits per heavy atom. The molecule has 3 rings (SSSR count). The second-order valence-electron chi connectivity index (χ2n) is 6.48. The van der Waals surface area contributed by atoms with Crippen LogP contribution >= 0.6 is 11.6 Å². The summed E-state index contributed by atoms with van der Waals surface area (Å²) in [7, 11) is 0. The summed E-state index contributed by atoms with van der Waals surface area (Å²) in [6.07, 6.45) is 0. The number of carbonyl (C=O) groups is 1. The number of benzene rings is 2. The van der Waals surface area contributed by atoms with Crippen molar-refractivity contribution in [1.82, 2.24) is 9.80 Å². The van der Waals surface area contributed by atoms with Gasteiger partial charge in [0, 0.05) is 37.7 Å². The van der Waals surface area contributed by atoms with Crippen LogP contribution < -0.4 is 0 Å². The van der Waals surface area contributed by atoms with E-state index in [9.17, 15) is 4.79 Å². The summed E-state index contributed by atoms with van der Waals surface area (Å²) >= 11 is 6.08. The number of carboxylic acid groups (broad SMARTS) is 1. The SMILES string of the molecule is [2H]OC(=O)C([2H])([2H])OCCN1CCN([C@H](c2ccccc2)c2ccc(Cl)cc2)CC1. The van der Waals surface area contributed by atoms with E-state index in [0.29, 0.717) is 11.6 Å². The van der Waals surface area contributed by atoms with Crippen LogP contribution in [0.25, 0.3) is 1.43 Å². The van der Waals surface area contributed by atoms with Gasteiger partial charge in [-0.15, -0.1) is 0 Å². The van der Waals surface area contributed by atoms with Crippen molar-refractivity contribution in [2.24, 2.45) is 0 Å². The van der Waals surface area contributed by atoms with Crippen molar-refractivity contribution in [3.8, 4) is 0 Å². The van der Waals surface area contributed by atoms with Crippen molar-refractivity contribution in [3.63, 3.8) is 0 Å². The Labute approximate surface area is 169 Å². The normalized spacial score (nSPS) is 18.9. The van der Waals surface area contributed by atoms with Crippen LogP contribution in [0.5, 0.6) is 0 Å². The maximum Gasteiger partial charge on any atom is 0.329 e. The summed E-state index contributed by atoms with van der Waals surface area (Å²) in [5.41, 5.74) is 2.41. The molecule has 144 valence electrons. The highest BCUT2D eigenvalue weighted by Gasteiger charge is 2.26. The van der Waals surface area contributed by atoms with E-state index in [4.69, 9.17) is 20.5 Å². The first-order valence-corrected chi connectivity index (χ1v) is 9.37. The predicted molar refractivity (Wildman–Crippen MR) is 106 cm³/mol. The monoisotopic (exact) mass is 391 g/mol. The number of hydrogen-bond donors (Lipinski definition) is 1. The molecule has 1 fully saturated rings. The predicted octanol–water partition coefficient (Wildman–Crippen LogP) is 3.15. The number of piperazine rings is 1. The van der Waals surface area contributed by atoms with Crippen molar-refractivity contribution in [1.29, 1.82) is 1.43 Å². The fraction of sp³-hybridized carbons (Fsp3) is 0.381. The molecule has 6 heteroatoms. The van der Waals surface area contributed by atoms with Crippen LogP contribution in [0.3, 0.4) is 0 Å². The summed E-state index contributed by atoms with van der Waals surface area (Å²) in [5.74, 6) is -1.35. The molecule has 5 nitrogen and oxygen atoms in total. The smallest absolute Gasteiger partial charge is 0.329 e. The lowest BCUT2D eigenvalue weighted by Gasteiger charge is -2.39. The molecule has 2 aromatic rings. The van der Waals surface area contributed by atoms with E-state index < -0.39 is 12.5 Å². The van der Waals surface area contributed by atoms with Gasteiger partial charge in [0.25, 0.3) is 1.43 Å². The van der Waals surface area contributed by atoms with Crippen molar-refractivity contribution in [2.45, 2.75) is 6.04 Å². The van der Waals surface area contributed by atoms with Gasteiger partial charge in [-0.1, -0.05) is 54.1 Å². The lowest BCUT2D eigenvalue weighted by atomic mass is 9.96. The lowest BCUT2D eigenvalue weighted by molar-refractivity contribution is -0.142. The number of carboxylic acids is 1. The maximum absolute atomic E-state index is 11.2. The molecular weight excluding hydrogens is 364 g/mol. The van der Waals surface area contributed by atoms with Gasteiger partial charge in [0.15, 0.2) is 0 Å². The Balaban J connectivity index is 1.60. The van der Waals surface area contributed by atoms with Crippen molar-refractivity contribution in [2.75, 3.05) is 45.9 Å². The Bertz CT molecular complexity index is 816. The molecule has 0 saturated carbocycles. The van der Waals surface area contributed by atoms with Gasteiger partial charge >= 0.3 is 5.97 Å². The second-order valence-corrected chi connectivity index (χ2v) is 6.92. The first-order chi connectivity index (χ1) is 14.4. The van der Waals surface area contributed by atoms with E-state index in [0.717, 1.165) is 26.2 Å². The van der Waals surface area contributed by atoms with Crippen LogP contribution in [0.15, 0.2) is 54.6 Å². The Hall–Kier alpha value is -1.92. The second kappa shape index (κ2) is 9.85. The maximum atomic E-state index is 11.2. The molecule has 0 spiro atoms. The fourth-order valence-corrected chi connectivity index (χ4v) is 3.55. The van der Waals surface area contributed by atoms with Gasteiger partial charge < -0.3 is 9.85 Å². The lowest BCUT2D eigenvalue weighted by Crippen LogP contribution is -2.48. The van der Waals surface area contributed by atoms with Crippen molar-refractivity contribution >= 4 is 17.6 Å². The molecule has 1 N–H and O–H groups in total. The van der Waals surface area contributed by atoms with Gasteiger partial charge in [-0.3, -0.25) is 9.80 Å². The van der Waals surface area contributed by atoms with E-state index >= 15 is 0 Å². The van der Waals surface area contributed by atoms with Crippen molar-refractivity contribution in [3.05, 3.63) is 70.7 Å². The summed E-state index contributed by atoms with van der Waals surface area (Å²) in [5, 5.41) is 4.38. The van der Waals surface area contributed by atoms with E-state index in [1.54, 1.807) is 0 Å². The number of rotatable bonds is 8. The van der Waals surface area contributed by atoms with Crippen LogP contribution in [0.1, 0.15) is 19.9 Å². The highest BCUT2D eigenvalue weighted by Crippen LogP contribution is 2.30. The first-order valence-electron chi connectivity index (χ1n) is 10.4. The number of halogens is 1. The minimum Gasteiger partial charge on any atom is -0.480 e. The molecule has 0 radical (unpaired) electrons. The van der Waals surface area contributed by atoms with Gasteiger partial charge in [0.05, 0.1) is 15.4 Å².